The highest BCUT2D eigenvalue weighted by Gasteiger charge is 2.39. The second-order valence-corrected chi connectivity index (χ2v) is 8.71. The van der Waals surface area contributed by atoms with Gasteiger partial charge in [0.15, 0.2) is 11.0 Å². The van der Waals surface area contributed by atoms with Crippen LogP contribution in [0.15, 0.2) is 18.3 Å². The lowest BCUT2D eigenvalue weighted by Crippen LogP contribution is -2.47. The summed E-state index contributed by atoms with van der Waals surface area (Å²) in [6.07, 6.45) is 2.18. The highest BCUT2D eigenvalue weighted by molar-refractivity contribution is 6.29. The van der Waals surface area contributed by atoms with Gasteiger partial charge in [-0.25, -0.2) is 14.2 Å². The number of anilines is 2. The number of pyridine rings is 1. The summed E-state index contributed by atoms with van der Waals surface area (Å²) >= 11 is 5.69. The summed E-state index contributed by atoms with van der Waals surface area (Å²) in [6, 6.07) is 2.00. The molecular formula is C19H22ClFN6O2. The number of amides is 3. The lowest BCUT2D eigenvalue weighted by molar-refractivity contribution is -0.117. The third-order valence-electron chi connectivity index (χ3n) is 5.32. The normalized spacial score (nSPS) is 20.7. The molecule has 29 heavy (non-hydrogen) atoms. The van der Waals surface area contributed by atoms with Crippen molar-refractivity contribution < 1.29 is 14.0 Å². The molecule has 154 valence electrons. The predicted molar refractivity (Wildman–Crippen MR) is 106 cm³/mol. The van der Waals surface area contributed by atoms with Gasteiger partial charge in [-0.15, -0.1) is 0 Å². The fourth-order valence-corrected chi connectivity index (χ4v) is 4.00. The molecule has 1 N–H and O–H groups in total. The zero-order chi connectivity index (χ0) is 20.9. The molecule has 1 fully saturated rings. The van der Waals surface area contributed by atoms with Crippen molar-refractivity contribution >= 4 is 35.0 Å². The monoisotopic (exact) mass is 420 g/mol. The molecule has 0 spiro atoms. The zero-order valence-corrected chi connectivity index (χ0v) is 17.2. The molecule has 0 radical (unpaired) electrons. The topological polar surface area (TPSA) is 83.4 Å². The average molecular weight is 421 g/mol. The van der Waals surface area contributed by atoms with Crippen LogP contribution in [0.3, 0.4) is 0 Å². The van der Waals surface area contributed by atoms with E-state index in [-0.39, 0.29) is 34.4 Å². The summed E-state index contributed by atoms with van der Waals surface area (Å²) < 4.78 is 15.1. The largest absolute Gasteiger partial charge is 0.323 e. The summed E-state index contributed by atoms with van der Waals surface area (Å²) in [6.45, 7) is 7.45. The first kappa shape index (κ1) is 19.6. The number of carbonyl (C=O) groups excluding carboxylic acids is 2. The van der Waals surface area contributed by atoms with E-state index in [9.17, 15) is 14.0 Å². The highest BCUT2D eigenvalue weighted by atomic mass is 35.5. The predicted octanol–water partition coefficient (Wildman–Crippen LogP) is 3.27. The van der Waals surface area contributed by atoms with Crippen LogP contribution in [-0.4, -0.2) is 44.2 Å². The molecule has 2 aromatic rings. The van der Waals surface area contributed by atoms with Gasteiger partial charge in [-0.3, -0.25) is 14.8 Å². The summed E-state index contributed by atoms with van der Waals surface area (Å²) in [5, 5.41) is 6.78. The molecule has 2 aromatic heterocycles. The van der Waals surface area contributed by atoms with Crippen molar-refractivity contribution in [1.82, 2.24) is 19.7 Å². The van der Waals surface area contributed by atoms with Crippen LogP contribution in [0.25, 0.3) is 0 Å². The standard InChI is InChI=1S/C19H22ClFN6O2/c1-11-8-27-14(13(7-22-27)26-10-19(2,3)6-16(26)28)9-25(11)18(29)24-15-5-4-12(21)17(20)23-15/h4-5,7,11H,6,8-10H2,1-3H3,(H,23,24,29)/t11-/m0/s1. The van der Waals surface area contributed by atoms with Gasteiger partial charge in [0.05, 0.1) is 36.7 Å². The number of urea groups is 1. The Balaban J connectivity index is 1.56. The molecule has 4 rings (SSSR count). The Labute approximate surface area is 172 Å². The smallest absolute Gasteiger partial charge is 0.314 e. The van der Waals surface area contributed by atoms with E-state index in [2.05, 4.69) is 29.2 Å². The summed E-state index contributed by atoms with van der Waals surface area (Å²) in [5.41, 5.74) is 1.46. The van der Waals surface area contributed by atoms with E-state index in [0.717, 1.165) is 17.4 Å². The van der Waals surface area contributed by atoms with Gasteiger partial charge < -0.3 is 9.80 Å². The number of hydrogen-bond donors (Lipinski definition) is 1. The number of nitrogens with one attached hydrogen (secondary N) is 1. The van der Waals surface area contributed by atoms with E-state index >= 15 is 0 Å². The maximum absolute atomic E-state index is 13.3. The van der Waals surface area contributed by atoms with Crippen LogP contribution >= 0.6 is 11.6 Å². The van der Waals surface area contributed by atoms with Gasteiger partial charge in [0, 0.05) is 13.0 Å². The fraction of sp³-hybridized carbons (Fsp3) is 0.474. The number of rotatable bonds is 2. The van der Waals surface area contributed by atoms with Gasteiger partial charge >= 0.3 is 6.03 Å². The van der Waals surface area contributed by atoms with Crippen molar-refractivity contribution in [2.24, 2.45) is 5.41 Å². The number of nitrogens with zero attached hydrogens (tertiary/aromatic N) is 5. The maximum atomic E-state index is 13.3. The van der Waals surface area contributed by atoms with Crippen molar-refractivity contribution in [3.63, 3.8) is 0 Å². The van der Waals surface area contributed by atoms with Crippen LogP contribution in [-0.2, 0) is 17.9 Å². The first-order chi connectivity index (χ1) is 13.6. The van der Waals surface area contributed by atoms with Crippen molar-refractivity contribution in [3.05, 3.63) is 35.0 Å². The Bertz CT molecular complexity index is 991. The average Bonchev–Trinajstić information content (AvgIpc) is 3.15. The Morgan fingerprint density at radius 1 is 1.38 bits per heavy atom. The molecule has 0 aliphatic carbocycles. The second-order valence-electron chi connectivity index (χ2n) is 8.36. The van der Waals surface area contributed by atoms with E-state index in [1.54, 1.807) is 16.0 Å². The summed E-state index contributed by atoms with van der Waals surface area (Å²) in [5.74, 6) is -0.419. The molecule has 4 heterocycles. The summed E-state index contributed by atoms with van der Waals surface area (Å²) in [7, 11) is 0. The van der Waals surface area contributed by atoms with E-state index in [4.69, 9.17) is 11.6 Å². The first-order valence-electron chi connectivity index (χ1n) is 9.39. The van der Waals surface area contributed by atoms with Crippen LogP contribution in [0, 0.1) is 11.2 Å². The SMILES string of the molecule is C[C@H]1Cn2ncc(N3CC(C)(C)CC3=O)c2CN1C(=O)Nc1ccc(F)c(Cl)n1. The quantitative estimate of drug-likeness (QED) is 0.756. The van der Waals surface area contributed by atoms with Crippen molar-refractivity contribution in [3.8, 4) is 0 Å². The van der Waals surface area contributed by atoms with Gasteiger partial charge in [0.25, 0.3) is 0 Å². The lowest BCUT2D eigenvalue weighted by Gasteiger charge is -2.35. The number of halogens is 2. The van der Waals surface area contributed by atoms with Crippen molar-refractivity contribution in [2.75, 3.05) is 16.8 Å². The number of aromatic nitrogens is 3. The van der Waals surface area contributed by atoms with E-state index < -0.39 is 5.82 Å². The van der Waals surface area contributed by atoms with Crippen molar-refractivity contribution in [2.45, 2.75) is 46.3 Å². The molecule has 3 amide bonds. The van der Waals surface area contributed by atoms with Gasteiger partial charge in [-0.2, -0.15) is 5.10 Å². The third-order valence-corrected chi connectivity index (χ3v) is 5.59. The third kappa shape index (κ3) is 3.66. The van der Waals surface area contributed by atoms with Crippen LogP contribution in [0.1, 0.15) is 32.9 Å². The first-order valence-corrected chi connectivity index (χ1v) is 9.77. The van der Waals surface area contributed by atoms with Crippen LogP contribution in [0.4, 0.5) is 20.7 Å². The molecule has 10 heteroatoms. The highest BCUT2D eigenvalue weighted by Crippen LogP contribution is 2.36. The van der Waals surface area contributed by atoms with Crippen molar-refractivity contribution in [1.29, 1.82) is 0 Å². The molecule has 0 bridgehead atoms. The van der Waals surface area contributed by atoms with Crippen LogP contribution < -0.4 is 10.2 Å². The minimum Gasteiger partial charge on any atom is -0.314 e. The molecule has 0 aromatic carbocycles. The molecule has 0 saturated carbocycles. The minimum atomic E-state index is -0.650. The molecule has 1 atom stereocenters. The number of hydrogen-bond acceptors (Lipinski definition) is 4. The molecule has 1 saturated heterocycles. The minimum absolute atomic E-state index is 0.0607. The maximum Gasteiger partial charge on any atom is 0.323 e. The Morgan fingerprint density at radius 2 is 2.14 bits per heavy atom. The van der Waals surface area contributed by atoms with Gasteiger partial charge in [0.1, 0.15) is 5.82 Å². The van der Waals surface area contributed by atoms with E-state index in [1.807, 2.05) is 11.6 Å². The molecule has 2 aliphatic rings. The second kappa shape index (κ2) is 6.98. The van der Waals surface area contributed by atoms with Gasteiger partial charge in [-0.1, -0.05) is 25.4 Å². The molecule has 8 nitrogen and oxygen atoms in total. The number of fused-ring (bicyclic) bond motifs is 1. The van der Waals surface area contributed by atoms with Crippen LogP contribution in [0.5, 0.6) is 0 Å². The lowest BCUT2D eigenvalue weighted by atomic mass is 9.93. The van der Waals surface area contributed by atoms with Gasteiger partial charge in [0.2, 0.25) is 5.91 Å². The molecule has 0 unspecified atom stereocenters. The Kier molecular flexibility index (Phi) is 4.72. The number of carbonyl (C=O) groups is 2. The zero-order valence-electron chi connectivity index (χ0n) is 16.4. The summed E-state index contributed by atoms with van der Waals surface area (Å²) in [4.78, 5) is 32.6. The Hall–Kier alpha value is -2.68. The Morgan fingerprint density at radius 3 is 2.79 bits per heavy atom. The van der Waals surface area contributed by atoms with E-state index in [1.165, 1.54) is 6.07 Å². The van der Waals surface area contributed by atoms with Gasteiger partial charge in [-0.05, 0) is 24.5 Å². The van der Waals surface area contributed by atoms with E-state index in [0.29, 0.717) is 26.1 Å². The van der Waals surface area contributed by atoms with Crippen LogP contribution in [0.2, 0.25) is 5.15 Å². The fourth-order valence-electron chi connectivity index (χ4n) is 3.85. The molecular weight excluding hydrogens is 399 g/mol. The molecule has 2 aliphatic heterocycles.